The number of rotatable bonds is 5. The Morgan fingerprint density at radius 2 is 2.04 bits per heavy atom. The number of aromatic amines is 1. The maximum atomic E-state index is 12.7. The topological polar surface area (TPSA) is 71.9 Å². The molecule has 0 unspecified atom stereocenters. The number of aryl methyl sites for hydroxylation is 1. The molecule has 0 radical (unpaired) electrons. The summed E-state index contributed by atoms with van der Waals surface area (Å²) in [6.07, 6.45) is 5.47. The third-order valence-electron chi connectivity index (χ3n) is 4.97. The molecule has 140 valence electrons. The van der Waals surface area contributed by atoms with Crippen LogP contribution in [0, 0.1) is 11.7 Å². The minimum atomic E-state index is -0.0650. The SMILES string of the molecule is CO[C@@H]1CCCCC[C@H]1NC(=O)Cn1c(-c2ccc(C)cc2)n[nH]c1=S. The Balaban J connectivity index is 1.74. The molecule has 1 aromatic carbocycles. The Morgan fingerprint density at radius 3 is 2.77 bits per heavy atom. The number of methoxy groups -OCH3 is 1. The second-order valence-corrected chi connectivity index (χ2v) is 7.28. The number of amides is 1. The first-order valence-corrected chi connectivity index (χ1v) is 9.53. The van der Waals surface area contributed by atoms with Gasteiger partial charge in [0.2, 0.25) is 5.91 Å². The Kier molecular flexibility index (Phi) is 6.21. The van der Waals surface area contributed by atoms with Crippen molar-refractivity contribution in [2.75, 3.05) is 7.11 Å². The van der Waals surface area contributed by atoms with Gasteiger partial charge in [-0.15, -0.1) is 0 Å². The van der Waals surface area contributed by atoms with E-state index in [-0.39, 0.29) is 24.6 Å². The molecule has 3 rings (SSSR count). The lowest BCUT2D eigenvalue weighted by atomic mass is 10.1. The first-order valence-electron chi connectivity index (χ1n) is 9.13. The highest BCUT2D eigenvalue weighted by atomic mass is 32.1. The standard InChI is InChI=1S/C19H26N4O2S/c1-13-8-10-14(11-9-13)18-21-22-19(26)23(18)12-17(24)20-15-6-4-3-5-7-16(15)25-2/h8-11,15-16H,3-7,12H2,1-2H3,(H,20,24)(H,22,26)/t15-,16-/m1/s1. The van der Waals surface area contributed by atoms with Crippen LogP contribution in [-0.4, -0.2) is 39.9 Å². The van der Waals surface area contributed by atoms with E-state index in [2.05, 4.69) is 15.5 Å². The largest absolute Gasteiger partial charge is 0.379 e. The molecule has 0 spiro atoms. The van der Waals surface area contributed by atoms with Crippen LogP contribution in [0.3, 0.4) is 0 Å². The van der Waals surface area contributed by atoms with Gasteiger partial charge in [0.15, 0.2) is 10.6 Å². The summed E-state index contributed by atoms with van der Waals surface area (Å²) < 4.78 is 7.78. The van der Waals surface area contributed by atoms with Crippen LogP contribution in [-0.2, 0) is 16.1 Å². The van der Waals surface area contributed by atoms with E-state index in [1.165, 1.54) is 12.0 Å². The molecule has 1 fully saturated rings. The molecule has 1 saturated carbocycles. The van der Waals surface area contributed by atoms with Crippen molar-refractivity contribution in [1.29, 1.82) is 0 Å². The lowest BCUT2D eigenvalue weighted by molar-refractivity contribution is -0.123. The van der Waals surface area contributed by atoms with E-state index in [0.717, 1.165) is 31.2 Å². The number of carbonyl (C=O) groups excluding carboxylic acids is 1. The van der Waals surface area contributed by atoms with Gasteiger partial charge in [-0.25, -0.2) is 0 Å². The summed E-state index contributed by atoms with van der Waals surface area (Å²) in [5.74, 6) is 0.610. The highest BCUT2D eigenvalue weighted by molar-refractivity contribution is 7.71. The second kappa shape index (κ2) is 8.60. The molecule has 26 heavy (non-hydrogen) atoms. The fourth-order valence-electron chi connectivity index (χ4n) is 3.50. The van der Waals surface area contributed by atoms with E-state index in [1.54, 1.807) is 11.7 Å². The van der Waals surface area contributed by atoms with E-state index in [0.29, 0.717) is 10.6 Å². The molecule has 0 aliphatic heterocycles. The molecule has 1 aliphatic rings. The van der Waals surface area contributed by atoms with Crippen LogP contribution in [0.1, 0.15) is 37.7 Å². The van der Waals surface area contributed by atoms with Gasteiger partial charge < -0.3 is 10.1 Å². The summed E-state index contributed by atoms with van der Waals surface area (Å²) >= 11 is 5.33. The van der Waals surface area contributed by atoms with Crippen molar-refractivity contribution in [3.63, 3.8) is 0 Å². The smallest absolute Gasteiger partial charge is 0.240 e. The van der Waals surface area contributed by atoms with Gasteiger partial charge in [0.1, 0.15) is 6.54 Å². The van der Waals surface area contributed by atoms with Crippen molar-refractivity contribution in [1.82, 2.24) is 20.1 Å². The molecule has 0 bridgehead atoms. The molecule has 2 atom stereocenters. The zero-order valence-corrected chi connectivity index (χ0v) is 16.1. The Labute approximate surface area is 159 Å². The van der Waals surface area contributed by atoms with Gasteiger partial charge in [-0.2, -0.15) is 5.10 Å². The van der Waals surface area contributed by atoms with Crippen LogP contribution >= 0.6 is 12.2 Å². The van der Waals surface area contributed by atoms with Crippen LogP contribution in [0.25, 0.3) is 11.4 Å². The number of nitrogens with zero attached hydrogens (tertiary/aromatic N) is 2. The van der Waals surface area contributed by atoms with Crippen molar-refractivity contribution in [2.24, 2.45) is 0 Å². The van der Waals surface area contributed by atoms with Gasteiger partial charge in [0.25, 0.3) is 0 Å². The molecule has 6 nitrogen and oxygen atoms in total. The minimum Gasteiger partial charge on any atom is -0.379 e. The lowest BCUT2D eigenvalue weighted by Gasteiger charge is -2.25. The number of hydrogen-bond acceptors (Lipinski definition) is 4. The maximum absolute atomic E-state index is 12.7. The van der Waals surface area contributed by atoms with Crippen LogP contribution in [0.4, 0.5) is 0 Å². The third-order valence-corrected chi connectivity index (χ3v) is 5.28. The fraction of sp³-hybridized carbons (Fsp3) is 0.526. The van der Waals surface area contributed by atoms with E-state index in [9.17, 15) is 4.79 Å². The summed E-state index contributed by atoms with van der Waals surface area (Å²) in [5, 5.41) is 10.2. The van der Waals surface area contributed by atoms with Gasteiger partial charge in [-0.3, -0.25) is 14.5 Å². The number of carbonyl (C=O) groups is 1. The molecule has 2 aromatic rings. The third kappa shape index (κ3) is 4.40. The monoisotopic (exact) mass is 374 g/mol. The van der Waals surface area contributed by atoms with Crippen molar-refractivity contribution >= 4 is 18.1 Å². The fourth-order valence-corrected chi connectivity index (χ4v) is 3.70. The highest BCUT2D eigenvalue weighted by Crippen LogP contribution is 2.21. The van der Waals surface area contributed by atoms with E-state index in [4.69, 9.17) is 17.0 Å². The number of aromatic nitrogens is 3. The average molecular weight is 375 g/mol. The molecule has 0 saturated heterocycles. The normalized spacial score (nSPS) is 20.5. The van der Waals surface area contributed by atoms with Crippen molar-refractivity contribution in [3.8, 4) is 11.4 Å². The second-order valence-electron chi connectivity index (χ2n) is 6.89. The highest BCUT2D eigenvalue weighted by Gasteiger charge is 2.25. The Hall–Kier alpha value is -1.99. The number of nitrogens with one attached hydrogen (secondary N) is 2. The number of benzene rings is 1. The van der Waals surface area contributed by atoms with E-state index < -0.39 is 0 Å². The first-order chi connectivity index (χ1) is 12.6. The van der Waals surface area contributed by atoms with E-state index in [1.807, 2.05) is 31.2 Å². The number of ether oxygens (including phenoxy) is 1. The van der Waals surface area contributed by atoms with Crippen molar-refractivity contribution < 1.29 is 9.53 Å². The van der Waals surface area contributed by atoms with Gasteiger partial charge >= 0.3 is 0 Å². The predicted molar refractivity (Wildman–Crippen MR) is 103 cm³/mol. The quantitative estimate of drug-likeness (QED) is 0.622. The average Bonchev–Trinajstić information content (AvgIpc) is 2.84. The lowest BCUT2D eigenvalue weighted by Crippen LogP contribution is -2.44. The van der Waals surface area contributed by atoms with Crippen LogP contribution in [0.5, 0.6) is 0 Å². The zero-order valence-electron chi connectivity index (χ0n) is 15.3. The molecule has 1 heterocycles. The van der Waals surface area contributed by atoms with Crippen LogP contribution in [0.15, 0.2) is 24.3 Å². The Morgan fingerprint density at radius 1 is 1.31 bits per heavy atom. The molecular weight excluding hydrogens is 348 g/mol. The number of hydrogen-bond donors (Lipinski definition) is 2. The molecule has 1 amide bonds. The van der Waals surface area contributed by atoms with Crippen LogP contribution < -0.4 is 5.32 Å². The van der Waals surface area contributed by atoms with Gasteiger partial charge in [0.05, 0.1) is 12.1 Å². The summed E-state index contributed by atoms with van der Waals surface area (Å²) in [4.78, 5) is 12.7. The number of H-pyrrole nitrogens is 1. The van der Waals surface area contributed by atoms with Crippen molar-refractivity contribution in [2.45, 2.75) is 57.7 Å². The first kappa shape index (κ1) is 18.8. The zero-order chi connectivity index (χ0) is 18.5. The van der Waals surface area contributed by atoms with Gasteiger partial charge in [0, 0.05) is 12.7 Å². The summed E-state index contributed by atoms with van der Waals surface area (Å²) in [6, 6.07) is 8.07. The van der Waals surface area contributed by atoms with Gasteiger partial charge in [-0.05, 0) is 32.0 Å². The molecule has 2 N–H and O–H groups in total. The molecule has 1 aromatic heterocycles. The van der Waals surface area contributed by atoms with Gasteiger partial charge in [-0.1, -0.05) is 49.1 Å². The van der Waals surface area contributed by atoms with Crippen LogP contribution in [0.2, 0.25) is 0 Å². The molecule has 7 heteroatoms. The van der Waals surface area contributed by atoms with E-state index >= 15 is 0 Å². The molecular formula is C19H26N4O2S. The summed E-state index contributed by atoms with van der Waals surface area (Å²) in [7, 11) is 1.72. The van der Waals surface area contributed by atoms with Crippen molar-refractivity contribution in [3.05, 3.63) is 34.6 Å². The molecule has 1 aliphatic carbocycles. The maximum Gasteiger partial charge on any atom is 0.240 e. The summed E-state index contributed by atoms with van der Waals surface area (Å²) in [6.45, 7) is 2.18. The minimum absolute atomic E-state index is 0.0545. The summed E-state index contributed by atoms with van der Waals surface area (Å²) in [5.41, 5.74) is 2.10. The Bertz CT molecular complexity index is 797. The predicted octanol–water partition coefficient (Wildman–Crippen LogP) is 3.38.